The summed E-state index contributed by atoms with van der Waals surface area (Å²) in [6.45, 7) is 1.56. The molecule has 0 spiro atoms. The van der Waals surface area contributed by atoms with Crippen LogP contribution >= 0.6 is 0 Å². The quantitative estimate of drug-likeness (QED) is 0.509. The zero-order valence-electron chi connectivity index (χ0n) is 22.6. The maximum absolute atomic E-state index is 12.9. The van der Waals surface area contributed by atoms with E-state index in [-0.39, 0.29) is 29.1 Å². The first-order valence-electron chi connectivity index (χ1n) is 12.7. The Bertz CT molecular complexity index is 1410. The fraction of sp³-hybridized carbons (Fsp3) is 0.333. The predicted molar refractivity (Wildman–Crippen MR) is 134 cm³/mol. The van der Waals surface area contributed by atoms with E-state index in [4.69, 9.17) is 4.11 Å². The third kappa shape index (κ3) is 4.20. The lowest BCUT2D eigenvalue weighted by Gasteiger charge is -2.39. The Morgan fingerprint density at radius 3 is 2.77 bits per heavy atom. The van der Waals surface area contributed by atoms with E-state index in [1.807, 2.05) is 42.4 Å². The molecule has 5 rings (SSSR count). The molecule has 1 aromatic carbocycles. The minimum absolute atomic E-state index is 0.0757. The first-order chi connectivity index (χ1) is 18.0. The molecular formula is C24H27N9O2. The van der Waals surface area contributed by atoms with Gasteiger partial charge in [0.15, 0.2) is 11.5 Å². The van der Waals surface area contributed by atoms with Crippen LogP contribution in [-0.4, -0.2) is 58.6 Å². The van der Waals surface area contributed by atoms with Crippen molar-refractivity contribution >= 4 is 46.2 Å². The highest BCUT2D eigenvalue weighted by Crippen LogP contribution is 2.44. The van der Waals surface area contributed by atoms with Crippen molar-refractivity contribution in [2.45, 2.75) is 32.7 Å². The van der Waals surface area contributed by atoms with Crippen LogP contribution in [0.1, 0.15) is 39.0 Å². The molecule has 3 aromatic rings. The summed E-state index contributed by atoms with van der Waals surface area (Å²) >= 11 is 0. The van der Waals surface area contributed by atoms with Gasteiger partial charge >= 0.3 is 0 Å². The molecule has 2 amide bonds. The van der Waals surface area contributed by atoms with Gasteiger partial charge in [0.2, 0.25) is 5.91 Å². The average molecular weight is 477 g/mol. The van der Waals surface area contributed by atoms with E-state index in [0.29, 0.717) is 30.3 Å². The number of carbonyl (C=O) groups excluding carboxylic acids is 2. The van der Waals surface area contributed by atoms with E-state index in [9.17, 15) is 9.59 Å². The molecule has 4 heterocycles. The van der Waals surface area contributed by atoms with Crippen LogP contribution in [0.3, 0.4) is 0 Å². The summed E-state index contributed by atoms with van der Waals surface area (Å²) in [5, 5.41) is 16.4. The van der Waals surface area contributed by atoms with Gasteiger partial charge in [0.25, 0.3) is 5.91 Å². The monoisotopic (exact) mass is 476 g/mol. The Morgan fingerprint density at radius 2 is 1.97 bits per heavy atom. The van der Waals surface area contributed by atoms with Crippen LogP contribution in [-0.2, 0) is 4.79 Å². The van der Waals surface area contributed by atoms with Crippen LogP contribution < -0.4 is 25.8 Å². The van der Waals surface area contributed by atoms with Gasteiger partial charge in [-0.05, 0) is 32.4 Å². The number of nitrogens with zero attached hydrogens (tertiary/aromatic N) is 6. The molecule has 35 heavy (non-hydrogen) atoms. The molecule has 2 aliphatic heterocycles. The zero-order chi connectivity index (χ0) is 27.2. The number of para-hydroxylation sites is 1. The van der Waals surface area contributed by atoms with Crippen LogP contribution in [0, 0.1) is 13.8 Å². The van der Waals surface area contributed by atoms with Crippen LogP contribution in [0.25, 0.3) is 0 Å². The summed E-state index contributed by atoms with van der Waals surface area (Å²) in [4.78, 5) is 38.0. The third-order valence-corrected chi connectivity index (χ3v) is 6.08. The first kappa shape index (κ1) is 19.1. The number of hydrogen-bond acceptors (Lipinski definition) is 9. The van der Waals surface area contributed by atoms with Gasteiger partial charge in [0.1, 0.15) is 11.6 Å². The molecule has 1 saturated heterocycles. The average Bonchev–Trinajstić information content (AvgIpc) is 3.18. The number of carbonyl (C=O) groups is 2. The van der Waals surface area contributed by atoms with E-state index in [1.165, 1.54) is 0 Å². The molecule has 11 heteroatoms. The van der Waals surface area contributed by atoms with E-state index in [0.717, 1.165) is 23.5 Å². The second-order valence-electron chi connectivity index (χ2n) is 8.65. The highest BCUT2D eigenvalue weighted by molar-refractivity contribution is 6.04. The fourth-order valence-electron chi connectivity index (χ4n) is 4.71. The third-order valence-electron chi connectivity index (χ3n) is 6.08. The van der Waals surface area contributed by atoms with Crippen molar-refractivity contribution in [1.29, 1.82) is 0 Å². The van der Waals surface area contributed by atoms with Crippen molar-refractivity contribution in [3.63, 3.8) is 0 Å². The van der Waals surface area contributed by atoms with E-state index in [2.05, 4.69) is 35.7 Å². The van der Waals surface area contributed by atoms with Crippen LogP contribution in [0.2, 0.25) is 0 Å². The lowest BCUT2D eigenvalue weighted by Crippen LogP contribution is -2.46. The highest BCUT2D eigenvalue weighted by Gasteiger charge is 2.39. The van der Waals surface area contributed by atoms with Gasteiger partial charge in [-0.1, -0.05) is 6.07 Å². The molecular weight excluding hydrogens is 446 g/mol. The summed E-state index contributed by atoms with van der Waals surface area (Å²) in [5.74, 6) is 0.509. The molecule has 0 bridgehead atoms. The Balaban J connectivity index is 1.55. The maximum atomic E-state index is 12.9. The molecule has 0 unspecified atom stereocenters. The Hall–Kier alpha value is -4.28. The number of aryl methyl sites for hydroxylation is 2. The van der Waals surface area contributed by atoms with Crippen molar-refractivity contribution in [3.05, 3.63) is 47.5 Å². The summed E-state index contributed by atoms with van der Waals surface area (Å²) in [6.07, 6.45) is 1.30. The Labute approximate surface area is 207 Å². The van der Waals surface area contributed by atoms with Crippen molar-refractivity contribution in [2.24, 2.45) is 0 Å². The molecule has 1 fully saturated rings. The number of aromatic nitrogens is 4. The number of likely N-dealkylation sites (N-methyl/N-ethyl adjacent to an activating group) is 1. The Morgan fingerprint density at radius 1 is 1.11 bits per heavy atom. The van der Waals surface area contributed by atoms with Gasteiger partial charge in [-0.15, -0.1) is 10.2 Å². The number of amides is 2. The number of benzene rings is 1. The smallest absolute Gasteiger partial charge is 0.273 e. The summed E-state index contributed by atoms with van der Waals surface area (Å²) in [6, 6.07) is 8.95. The molecule has 0 aliphatic carbocycles. The number of fused-ring (bicyclic) bond motifs is 3. The van der Waals surface area contributed by atoms with Crippen molar-refractivity contribution < 1.29 is 13.7 Å². The minimum Gasteiger partial charge on any atom is -0.369 e. The lowest BCUT2D eigenvalue weighted by molar-refractivity contribution is -0.117. The SMILES string of the molecule is [2H]C([2H])([2H])NC(=O)c1nnc(Nc2cc(C)nc(C)n2)cc1Nc1cccc2c1N(C)C[C@@H]1CCC(=O)N21. The summed E-state index contributed by atoms with van der Waals surface area (Å²) < 4.78 is 22.3. The fourth-order valence-corrected chi connectivity index (χ4v) is 4.71. The number of anilines is 6. The summed E-state index contributed by atoms with van der Waals surface area (Å²) in [5.41, 5.74) is 2.97. The van der Waals surface area contributed by atoms with Gasteiger partial charge in [-0.25, -0.2) is 9.97 Å². The van der Waals surface area contributed by atoms with E-state index in [1.54, 1.807) is 19.1 Å². The number of nitrogens with one attached hydrogen (secondary N) is 3. The highest BCUT2D eigenvalue weighted by atomic mass is 16.2. The molecule has 1 atom stereocenters. The maximum Gasteiger partial charge on any atom is 0.273 e. The van der Waals surface area contributed by atoms with Crippen molar-refractivity contribution in [3.8, 4) is 0 Å². The summed E-state index contributed by atoms with van der Waals surface area (Å²) in [7, 11) is 1.95. The van der Waals surface area contributed by atoms with Crippen molar-refractivity contribution in [1.82, 2.24) is 25.5 Å². The van der Waals surface area contributed by atoms with Gasteiger partial charge in [0.05, 0.1) is 28.8 Å². The van der Waals surface area contributed by atoms with Crippen LogP contribution in [0.15, 0.2) is 30.3 Å². The molecule has 11 nitrogen and oxygen atoms in total. The normalized spacial score (nSPS) is 18.2. The zero-order valence-corrected chi connectivity index (χ0v) is 19.6. The largest absolute Gasteiger partial charge is 0.369 e. The van der Waals surface area contributed by atoms with Gasteiger partial charge in [-0.2, -0.15) is 0 Å². The van der Waals surface area contributed by atoms with E-state index >= 15 is 0 Å². The van der Waals surface area contributed by atoms with Gasteiger partial charge < -0.3 is 25.8 Å². The molecule has 3 N–H and O–H groups in total. The van der Waals surface area contributed by atoms with Gasteiger partial charge in [-0.3, -0.25) is 9.59 Å². The second kappa shape index (κ2) is 8.82. The molecule has 2 aliphatic rings. The van der Waals surface area contributed by atoms with Gasteiger partial charge in [0, 0.05) is 48.9 Å². The topological polar surface area (TPSA) is 128 Å². The molecule has 180 valence electrons. The lowest BCUT2D eigenvalue weighted by atomic mass is 10.1. The van der Waals surface area contributed by atoms with E-state index < -0.39 is 12.9 Å². The molecule has 2 aromatic heterocycles. The van der Waals surface area contributed by atoms with Crippen LogP contribution in [0.4, 0.5) is 34.4 Å². The standard InChI is InChI=1S/C24H27N9O2/c1-13-10-19(27-14(2)26-13)29-20-11-17(22(31-30-20)24(35)25-3)28-16-6-5-7-18-23(16)32(4)12-15-8-9-21(34)33(15)18/h5-7,10-11,15H,8-9,12H2,1-4H3,(H,25,35)(H2,26,27,28,29,30)/t15-/m0/s1/i3D3. The minimum atomic E-state index is -2.71. The first-order valence-corrected chi connectivity index (χ1v) is 11.2. The number of rotatable bonds is 5. The predicted octanol–water partition coefficient (Wildman–Crippen LogP) is 2.68. The Kier molecular flexibility index (Phi) is 4.81. The molecule has 0 saturated carbocycles. The number of hydrogen-bond donors (Lipinski definition) is 3. The van der Waals surface area contributed by atoms with Crippen molar-refractivity contribution in [2.75, 3.05) is 41.0 Å². The molecule has 0 radical (unpaired) electrons. The van der Waals surface area contributed by atoms with Crippen LogP contribution in [0.5, 0.6) is 0 Å². The second-order valence-corrected chi connectivity index (χ2v) is 8.65.